The van der Waals surface area contributed by atoms with Crippen LogP contribution >= 0.6 is 0 Å². The largest absolute Gasteiger partial charge is 0.357 e. The summed E-state index contributed by atoms with van der Waals surface area (Å²) in [6.45, 7) is 14.0. The minimum atomic E-state index is -0.854. The van der Waals surface area contributed by atoms with Gasteiger partial charge >= 0.3 is 0 Å². The summed E-state index contributed by atoms with van der Waals surface area (Å²) in [5.41, 5.74) is 1.45. The normalized spacial score (nSPS) is 23.0. The molecule has 0 saturated carbocycles. The van der Waals surface area contributed by atoms with E-state index in [4.69, 9.17) is 4.99 Å². The van der Waals surface area contributed by atoms with Crippen LogP contribution in [-0.2, 0) is 10.8 Å². The Morgan fingerprint density at radius 2 is 2.00 bits per heavy atom. The van der Waals surface area contributed by atoms with Crippen molar-refractivity contribution in [2.24, 2.45) is 10.9 Å². The number of aliphatic imine (C=N–C) groups is 1. The molecule has 26 heavy (non-hydrogen) atoms. The molecule has 3 atom stereocenters. The first kappa shape index (κ1) is 20.9. The first-order valence-corrected chi connectivity index (χ1v) is 11.1. The van der Waals surface area contributed by atoms with Crippen molar-refractivity contribution in [3.8, 4) is 0 Å². The fraction of sp³-hybridized carbons (Fsp3) is 0.667. The number of hydrogen-bond acceptors (Lipinski definition) is 2. The van der Waals surface area contributed by atoms with Crippen molar-refractivity contribution < 1.29 is 4.21 Å². The number of guanidine groups is 1. The summed E-state index contributed by atoms with van der Waals surface area (Å²) in [5.74, 6) is 2.79. The molecular formula is C21H35N3OS. The van der Waals surface area contributed by atoms with Gasteiger partial charge in [-0.2, -0.15) is 0 Å². The van der Waals surface area contributed by atoms with Crippen molar-refractivity contribution in [2.45, 2.75) is 51.7 Å². The highest BCUT2D eigenvalue weighted by molar-refractivity contribution is 7.86. The van der Waals surface area contributed by atoms with Crippen LogP contribution in [-0.4, -0.2) is 51.7 Å². The van der Waals surface area contributed by atoms with Crippen LogP contribution < -0.4 is 5.32 Å². The monoisotopic (exact) mass is 377 g/mol. The Morgan fingerprint density at radius 3 is 2.58 bits per heavy atom. The molecule has 1 heterocycles. The average molecular weight is 378 g/mol. The summed E-state index contributed by atoms with van der Waals surface area (Å²) in [5, 5.41) is 3.42. The molecule has 0 aliphatic carbocycles. The molecule has 1 saturated heterocycles. The van der Waals surface area contributed by atoms with Gasteiger partial charge in [0.2, 0.25) is 0 Å². The maximum Gasteiger partial charge on any atom is 0.193 e. The summed E-state index contributed by atoms with van der Waals surface area (Å²) < 4.78 is 12.1. The summed E-state index contributed by atoms with van der Waals surface area (Å²) in [6.07, 6.45) is 1.14. The molecule has 2 rings (SSSR count). The van der Waals surface area contributed by atoms with Crippen molar-refractivity contribution in [2.75, 3.05) is 31.9 Å². The van der Waals surface area contributed by atoms with Gasteiger partial charge < -0.3 is 10.2 Å². The van der Waals surface area contributed by atoms with Gasteiger partial charge in [-0.1, -0.05) is 37.3 Å². The quantitative estimate of drug-likeness (QED) is 0.629. The number of nitrogens with zero attached hydrogens (tertiary/aromatic N) is 2. The second-order valence-electron chi connectivity index (χ2n) is 8.13. The molecule has 146 valence electrons. The Morgan fingerprint density at radius 1 is 1.31 bits per heavy atom. The van der Waals surface area contributed by atoms with Crippen LogP contribution in [0.5, 0.6) is 0 Å². The summed E-state index contributed by atoms with van der Waals surface area (Å²) in [4.78, 5) is 7.13. The maximum atomic E-state index is 12.2. The first-order chi connectivity index (χ1) is 12.3. The summed E-state index contributed by atoms with van der Waals surface area (Å²) in [7, 11) is -0.854. The van der Waals surface area contributed by atoms with Crippen LogP contribution in [0.2, 0.25) is 0 Å². The Balaban J connectivity index is 1.98. The molecule has 1 aromatic carbocycles. The van der Waals surface area contributed by atoms with E-state index in [0.29, 0.717) is 24.1 Å². The third kappa shape index (κ3) is 5.83. The Hall–Kier alpha value is -1.36. The molecule has 1 N–H and O–H groups in total. The number of rotatable bonds is 5. The molecule has 1 aromatic rings. The molecule has 0 radical (unpaired) electrons. The maximum absolute atomic E-state index is 12.2. The van der Waals surface area contributed by atoms with E-state index in [2.05, 4.69) is 54.4 Å². The van der Waals surface area contributed by atoms with E-state index in [0.717, 1.165) is 32.0 Å². The van der Waals surface area contributed by atoms with E-state index in [-0.39, 0.29) is 4.75 Å². The van der Waals surface area contributed by atoms with E-state index in [9.17, 15) is 4.21 Å². The number of benzene rings is 1. The highest BCUT2D eigenvalue weighted by Crippen LogP contribution is 2.32. The fourth-order valence-corrected chi connectivity index (χ4v) is 4.37. The molecular weight excluding hydrogens is 342 g/mol. The van der Waals surface area contributed by atoms with E-state index < -0.39 is 10.8 Å². The zero-order valence-electron chi connectivity index (χ0n) is 17.0. The summed E-state index contributed by atoms with van der Waals surface area (Å²) in [6, 6.07) is 10.8. The van der Waals surface area contributed by atoms with Gasteiger partial charge in [0.25, 0.3) is 0 Å². The van der Waals surface area contributed by atoms with Crippen LogP contribution in [0, 0.1) is 5.92 Å². The number of nitrogens with one attached hydrogen (secondary N) is 1. The minimum Gasteiger partial charge on any atom is -0.357 e. The fourth-order valence-electron chi connectivity index (χ4n) is 3.50. The van der Waals surface area contributed by atoms with Gasteiger partial charge in [-0.3, -0.25) is 9.20 Å². The van der Waals surface area contributed by atoms with E-state index in [1.54, 1.807) is 0 Å². The molecule has 0 aromatic heterocycles. The van der Waals surface area contributed by atoms with Gasteiger partial charge in [0, 0.05) is 40.9 Å². The van der Waals surface area contributed by atoms with Crippen LogP contribution in [0.4, 0.5) is 0 Å². The van der Waals surface area contributed by atoms with Crippen LogP contribution in [0.3, 0.4) is 0 Å². The van der Waals surface area contributed by atoms with Gasteiger partial charge in [-0.15, -0.1) is 0 Å². The number of hydrogen-bond donors (Lipinski definition) is 1. The van der Waals surface area contributed by atoms with Crippen LogP contribution in [0.25, 0.3) is 0 Å². The van der Waals surface area contributed by atoms with Gasteiger partial charge in [0.15, 0.2) is 5.96 Å². The second kappa shape index (κ2) is 9.54. The van der Waals surface area contributed by atoms with Crippen molar-refractivity contribution in [1.82, 2.24) is 10.2 Å². The average Bonchev–Trinajstić information content (AvgIpc) is 2.60. The lowest BCUT2D eigenvalue weighted by Crippen LogP contribution is -2.48. The van der Waals surface area contributed by atoms with E-state index in [1.807, 2.05) is 20.8 Å². The van der Waals surface area contributed by atoms with Crippen LogP contribution in [0.15, 0.2) is 35.3 Å². The lowest BCUT2D eigenvalue weighted by molar-refractivity contribution is 0.234. The predicted octanol–water partition coefficient (Wildman–Crippen LogP) is 3.62. The SMILES string of the molecule is CCNC(=NCCS(=O)C(C)(C)C)N1CCC(c2ccccc2)C(C)C1. The van der Waals surface area contributed by atoms with Gasteiger partial charge in [0.05, 0.1) is 6.54 Å². The van der Waals surface area contributed by atoms with Gasteiger partial charge in [0.1, 0.15) is 0 Å². The van der Waals surface area contributed by atoms with Crippen molar-refractivity contribution >= 4 is 16.8 Å². The smallest absolute Gasteiger partial charge is 0.193 e. The molecule has 1 fully saturated rings. The molecule has 0 amide bonds. The zero-order valence-corrected chi connectivity index (χ0v) is 17.8. The number of piperidine rings is 1. The third-order valence-electron chi connectivity index (χ3n) is 4.99. The highest BCUT2D eigenvalue weighted by atomic mass is 32.2. The highest BCUT2D eigenvalue weighted by Gasteiger charge is 2.28. The van der Waals surface area contributed by atoms with Crippen LogP contribution in [0.1, 0.15) is 52.5 Å². The Kier molecular flexibility index (Phi) is 7.69. The van der Waals surface area contributed by atoms with Crippen molar-refractivity contribution in [3.05, 3.63) is 35.9 Å². The molecule has 4 nitrogen and oxygen atoms in total. The molecule has 1 aliphatic rings. The Labute approximate surface area is 161 Å². The van der Waals surface area contributed by atoms with Gasteiger partial charge in [-0.05, 0) is 51.5 Å². The van der Waals surface area contributed by atoms with Crippen molar-refractivity contribution in [1.29, 1.82) is 0 Å². The standard InChI is InChI=1S/C21H35N3OS/c1-6-22-20(23-13-15-26(25)21(3,4)5)24-14-12-19(17(2)16-24)18-10-8-7-9-11-18/h7-11,17,19H,6,12-16H2,1-5H3,(H,22,23). The molecule has 0 bridgehead atoms. The molecule has 5 heteroatoms. The predicted molar refractivity (Wildman–Crippen MR) is 113 cm³/mol. The van der Waals surface area contributed by atoms with E-state index >= 15 is 0 Å². The lowest BCUT2D eigenvalue weighted by atomic mass is 9.82. The number of likely N-dealkylation sites (tertiary alicyclic amines) is 1. The topological polar surface area (TPSA) is 44.7 Å². The minimum absolute atomic E-state index is 0.170. The third-order valence-corrected chi connectivity index (χ3v) is 6.91. The first-order valence-electron chi connectivity index (χ1n) is 9.79. The molecule has 3 unspecified atom stereocenters. The summed E-state index contributed by atoms with van der Waals surface area (Å²) >= 11 is 0. The lowest BCUT2D eigenvalue weighted by Gasteiger charge is -2.39. The molecule has 1 aliphatic heterocycles. The zero-order chi connectivity index (χ0) is 19.2. The Bertz CT molecular complexity index is 609. The second-order valence-corrected chi connectivity index (χ2v) is 10.5. The van der Waals surface area contributed by atoms with Crippen molar-refractivity contribution in [3.63, 3.8) is 0 Å². The van der Waals surface area contributed by atoms with Gasteiger partial charge in [-0.25, -0.2) is 0 Å². The van der Waals surface area contributed by atoms with E-state index in [1.165, 1.54) is 5.56 Å². The molecule has 0 spiro atoms.